The molecule has 0 aromatic rings. The van der Waals surface area contributed by atoms with E-state index in [2.05, 4.69) is 17.4 Å². The van der Waals surface area contributed by atoms with E-state index >= 15 is 0 Å². The number of amidine groups is 1. The van der Waals surface area contributed by atoms with Crippen molar-refractivity contribution in [2.45, 2.75) is 64.7 Å². The van der Waals surface area contributed by atoms with E-state index in [0.717, 1.165) is 32.2 Å². The predicted octanol–water partition coefficient (Wildman–Crippen LogP) is 2.38. The summed E-state index contributed by atoms with van der Waals surface area (Å²) in [7, 11) is 0. The SMILES string of the molecule is CCC1(CNC(=O)C2(C(N)=NO)CCCCC2)CCC1. The second-order valence-corrected chi connectivity index (χ2v) is 6.52. The molecule has 5 nitrogen and oxygen atoms in total. The van der Waals surface area contributed by atoms with Gasteiger partial charge in [-0.3, -0.25) is 4.79 Å². The molecule has 0 atom stereocenters. The van der Waals surface area contributed by atoms with Gasteiger partial charge in [0.2, 0.25) is 5.91 Å². The Labute approximate surface area is 121 Å². The Kier molecular flexibility index (Phi) is 4.55. The minimum Gasteiger partial charge on any atom is -0.409 e. The fraction of sp³-hybridized carbons (Fsp3) is 0.867. The lowest BCUT2D eigenvalue weighted by molar-refractivity contribution is -0.130. The summed E-state index contributed by atoms with van der Waals surface area (Å²) in [5.74, 6) is 0.0288. The van der Waals surface area contributed by atoms with E-state index in [-0.39, 0.29) is 17.2 Å². The predicted molar refractivity (Wildman–Crippen MR) is 78.5 cm³/mol. The molecule has 0 aromatic carbocycles. The van der Waals surface area contributed by atoms with Gasteiger partial charge in [0.25, 0.3) is 0 Å². The van der Waals surface area contributed by atoms with Crippen molar-refractivity contribution in [3.63, 3.8) is 0 Å². The maximum Gasteiger partial charge on any atom is 0.233 e. The normalized spacial score (nSPS) is 24.8. The van der Waals surface area contributed by atoms with Crippen LogP contribution in [-0.4, -0.2) is 23.5 Å². The summed E-state index contributed by atoms with van der Waals surface area (Å²) in [6.45, 7) is 2.91. The molecule has 2 rings (SSSR count). The lowest BCUT2D eigenvalue weighted by Crippen LogP contribution is -2.53. The van der Waals surface area contributed by atoms with Crippen LogP contribution in [0.15, 0.2) is 5.16 Å². The highest BCUT2D eigenvalue weighted by Gasteiger charge is 2.45. The zero-order chi connectivity index (χ0) is 14.6. The summed E-state index contributed by atoms with van der Waals surface area (Å²) < 4.78 is 0. The highest BCUT2D eigenvalue weighted by molar-refractivity contribution is 6.06. The van der Waals surface area contributed by atoms with Crippen LogP contribution in [0.5, 0.6) is 0 Å². The van der Waals surface area contributed by atoms with Crippen LogP contribution in [0.25, 0.3) is 0 Å². The Morgan fingerprint density at radius 3 is 2.30 bits per heavy atom. The maximum absolute atomic E-state index is 12.6. The van der Waals surface area contributed by atoms with Crippen molar-refractivity contribution in [3.05, 3.63) is 0 Å². The molecule has 0 aliphatic heterocycles. The highest BCUT2D eigenvalue weighted by atomic mass is 16.4. The second-order valence-electron chi connectivity index (χ2n) is 6.52. The Morgan fingerprint density at radius 2 is 1.85 bits per heavy atom. The van der Waals surface area contributed by atoms with Crippen LogP contribution in [0.3, 0.4) is 0 Å². The van der Waals surface area contributed by atoms with E-state index in [4.69, 9.17) is 10.9 Å². The van der Waals surface area contributed by atoms with E-state index in [9.17, 15) is 4.79 Å². The lowest BCUT2D eigenvalue weighted by atomic mass is 9.66. The smallest absolute Gasteiger partial charge is 0.233 e. The summed E-state index contributed by atoms with van der Waals surface area (Å²) in [5, 5.41) is 15.2. The number of carbonyl (C=O) groups excluding carboxylic acids is 1. The van der Waals surface area contributed by atoms with E-state index in [1.165, 1.54) is 19.3 Å². The molecule has 0 saturated heterocycles. The van der Waals surface area contributed by atoms with Crippen molar-refractivity contribution in [2.24, 2.45) is 21.7 Å². The fourth-order valence-corrected chi connectivity index (χ4v) is 3.62. The number of oxime groups is 1. The van der Waals surface area contributed by atoms with Gasteiger partial charge in [-0.2, -0.15) is 0 Å². The van der Waals surface area contributed by atoms with E-state index in [1.54, 1.807) is 0 Å². The van der Waals surface area contributed by atoms with E-state index in [1.807, 2.05) is 0 Å². The summed E-state index contributed by atoms with van der Waals surface area (Å²) in [4.78, 5) is 12.6. The van der Waals surface area contributed by atoms with Crippen LogP contribution in [0, 0.1) is 10.8 Å². The zero-order valence-corrected chi connectivity index (χ0v) is 12.5. The maximum atomic E-state index is 12.6. The van der Waals surface area contributed by atoms with Crippen LogP contribution in [0.1, 0.15) is 64.7 Å². The first kappa shape index (κ1) is 15.1. The summed E-state index contributed by atoms with van der Waals surface area (Å²) in [6.07, 6.45) is 9.17. The van der Waals surface area contributed by atoms with E-state index < -0.39 is 5.41 Å². The summed E-state index contributed by atoms with van der Waals surface area (Å²) in [5.41, 5.74) is 5.34. The molecule has 0 bridgehead atoms. The molecule has 0 unspecified atom stereocenters. The first-order valence-corrected chi connectivity index (χ1v) is 7.85. The van der Waals surface area contributed by atoms with Crippen molar-refractivity contribution in [1.29, 1.82) is 0 Å². The first-order chi connectivity index (χ1) is 9.58. The fourth-order valence-electron chi connectivity index (χ4n) is 3.62. The molecule has 0 heterocycles. The number of nitrogens with zero attached hydrogens (tertiary/aromatic N) is 1. The molecule has 2 fully saturated rings. The number of hydrogen-bond donors (Lipinski definition) is 3. The van der Waals surface area contributed by atoms with Gasteiger partial charge in [-0.05, 0) is 37.5 Å². The van der Waals surface area contributed by atoms with Crippen LogP contribution in [0.2, 0.25) is 0 Å². The Bertz CT molecular complexity index is 377. The van der Waals surface area contributed by atoms with Crippen molar-refractivity contribution in [3.8, 4) is 0 Å². The number of carbonyl (C=O) groups is 1. The topological polar surface area (TPSA) is 87.7 Å². The molecule has 2 aliphatic carbocycles. The van der Waals surface area contributed by atoms with Gasteiger partial charge in [0, 0.05) is 6.54 Å². The molecule has 2 aliphatic rings. The number of hydrogen-bond acceptors (Lipinski definition) is 3. The van der Waals surface area contributed by atoms with E-state index in [0.29, 0.717) is 12.8 Å². The lowest BCUT2D eigenvalue weighted by Gasteiger charge is -2.43. The number of amides is 1. The van der Waals surface area contributed by atoms with Gasteiger partial charge in [-0.25, -0.2) is 0 Å². The third-order valence-electron chi connectivity index (χ3n) is 5.53. The van der Waals surface area contributed by atoms with Gasteiger partial charge >= 0.3 is 0 Å². The van der Waals surface area contributed by atoms with Crippen molar-refractivity contribution >= 4 is 11.7 Å². The molecule has 2 saturated carbocycles. The molecular formula is C15H27N3O2. The van der Waals surface area contributed by atoms with Gasteiger partial charge in [-0.1, -0.05) is 37.8 Å². The van der Waals surface area contributed by atoms with Gasteiger partial charge < -0.3 is 16.3 Å². The second kappa shape index (κ2) is 6.02. The Balaban J connectivity index is 2.03. The molecule has 1 amide bonds. The molecular weight excluding hydrogens is 254 g/mol. The summed E-state index contributed by atoms with van der Waals surface area (Å²) >= 11 is 0. The molecule has 114 valence electrons. The Morgan fingerprint density at radius 1 is 1.20 bits per heavy atom. The third-order valence-corrected chi connectivity index (χ3v) is 5.53. The van der Waals surface area contributed by atoms with Crippen molar-refractivity contribution in [1.82, 2.24) is 5.32 Å². The van der Waals surface area contributed by atoms with Crippen molar-refractivity contribution in [2.75, 3.05) is 6.54 Å². The average Bonchev–Trinajstić information content (AvgIpc) is 2.46. The average molecular weight is 281 g/mol. The quantitative estimate of drug-likeness (QED) is 0.313. The molecule has 5 heteroatoms. The van der Waals surface area contributed by atoms with Crippen LogP contribution in [0.4, 0.5) is 0 Å². The molecule has 20 heavy (non-hydrogen) atoms. The minimum absolute atomic E-state index is 0.0489. The number of nitrogens with two attached hydrogens (primary N) is 1. The molecule has 0 radical (unpaired) electrons. The standard InChI is InChI=1S/C15H27N3O2/c1-2-14(7-6-8-14)11-17-13(19)15(12(16)18-20)9-4-3-5-10-15/h20H,2-11H2,1H3,(H2,16,18)(H,17,19). The highest BCUT2D eigenvalue weighted by Crippen LogP contribution is 2.43. The van der Waals surface area contributed by atoms with Gasteiger partial charge in [-0.15, -0.1) is 0 Å². The van der Waals surface area contributed by atoms with Crippen molar-refractivity contribution < 1.29 is 10.0 Å². The van der Waals surface area contributed by atoms with Gasteiger partial charge in [0.05, 0.1) is 0 Å². The summed E-state index contributed by atoms with van der Waals surface area (Å²) in [6, 6.07) is 0. The molecule has 0 aromatic heterocycles. The number of nitrogens with one attached hydrogen (secondary N) is 1. The molecule has 0 spiro atoms. The third kappa shape index (κ3) is 2.63. The Hall–Kier alpha value is -1.26. The van der Waals surface area contributed by atoms with Gasteiger partial charge in [0.15, 0.2) is 5.84 Å². The molecule has 4 N–H and O–H groups in total. The van der Waals surface area contributed by atoms with Crippen LogP contribution >= 0.6 is 0 Å². The largest absolute Gasteiger partial charge is 0.409 e. The van der Waals surface area contributed by atoms with Crippen LogP contribution < -0.4 is 11.1 Å². The van der Waals surface area contributed by atoms with Crippen LogP contribution in [-0.2, 0) is 4.79 Å². The monoisotopic (exact) mass is 281 g/mol. The zero-order valence-electron chi connectivity index (χ0n) is 12.5. The number of rotatable bonds is 5. The minimum atomic E-state index is -0.786. The first-order valence-electron chi connectivity index (χ1n) is 7.85. The van der Waals surface area contributed by atoms with Gasteiger partial charge in [0.1, 0.15) is 5.41 Å².